The van der Waals surface area contributed by atoms with Gasteiger partial charge < -0.3 is 9.55 Å². The summed E-state index contributed by atoms with van der Waals surface area (Å²) in [5.74, 6) is 1.20. The first-order valence-electron chi connectivity index (χ1n) is 8.93. The van der Waals surface area contributed by atoms with Crippen molar-refractivity contribution in [1.82, 2.24) is 34.7 Å². The highest BCUT2D eigenvalue weighted by molar-refractivity contribution is 5.88. The van der Waals surface area contributed by atoms with Crippen LogP contribution in [0.25, 0.3) is 11.1 Å². The zero-order valence-electron chi connectivity index (χ0n) is 15.2. The first kappa shape index (κ1) is 16.5. The summed E-state index contributed by atoms with van der Waals surface area (Å²) in [6, 6.07) is 2.02. The molecular formula is C19H17FN8. The fourth-order valence-corrected chi connectivity index (χ4v) is 3.57. The molecule has 0 saturated heterocycles. The number of aromatic nitrogens is 7. The standard InChI is InChI=1S/C19H17FN8/c1-27-25-16(24-26-27)10-28-11-23-17(12-2-4-13(20)5-3-12)18(28)14-6-8-21-19-15(14)7-9-22-19/h2,4-5,7-9,11,22H,3,6,10H2,1H3. The Morgan fingerprint density at radius 2 is 2.18 bits per heavy atom. The number of aryl methyl sites for hydroxylation is 1. The summed E-state index contributed by atoms with van der Waals surface area (Å²) < 4.78 is 15.5. The van der Waals surface area contributed by atoms with Gasteiger partial charge in [0.1, 0.15) is 11.6 Å². The van der Waals surface area contributed by atoms with Crippen molar-refractivity contribution in [2.24, 2.45) is 12.0 Å². The van der Waals surface area contributed by atoms with Crippen molar-refractivity contribution in [2.75, 3.05) is 0 Å². The normalized spacial score (nSPS) is 19.7. The first-order valence-corrected chi connectivity index (χ1v) is 8.93. The molecule has 0 atom stereocenters. The lowest BCUT2D eigenvalue weighted by molar-refractivity contribution is 0.624. The van der Waals surface area contributed by atoms with E-state index in [-0.39, 0.29) is 5.83 Å². The van der Waals surface area contributed by atoms with Crippen LogP contribution in [0.4, 0.5) is 10.2 Å². The van der Waals surface area contributed by atoms with E-state index in [1.807, 2.05) is 23.0 Å². The van der Waals surface area contributed by atoms with Crippen molar-refractivity contribution >= 4 is 23.2 Å². The van der Waals surface area contributed by atoms with Crippen LogP contribution in [0, 0.1) is 0 Å². The van der Waals surface area contributed by atoms with Crippen LogP contribution in [-0.4, -0.2) is 41.0 Å². The quantitative estimate of drug-likeness (QED) is 0.724. The molecular weight excluding hydrogens is 359 g/mol. The molecule has 1 aliphatic heterocycles. The zero-order chi connectivity index (χ0) is 19.1. The van der Waals surface area contributed by atoms with E-state index in [4.69, 9.17) is 0 Å². The molecule has 3 aromatic rings. The fourth-order valence-electron chi connectivity index (χ4n) is 3.57. The number of nitrogens with one attached hydrogen (secondary N) is 1. The number of fused-ring (bicyclic) bond motifs is 1. The molecule has 1 N–H and O–H groups in total. The van der Waals surface area contributed by atoms with E-state index in [0.717, 1.165) is 33.2 Å². The number of rotatable bonds is 2. The van der Waals surface area contributed by atoms with E-state index in [2.05, 4.69) is 30.4 Å². The highest BCUT2D eigenvalue weighted by Crippen LogP contribution is 2.28. The SMILES string of the molecule is Cn1nnc(Cn2cnc(=C3C=CC(F)=CC3)c2=C2CC=Nc3[nH]ccc32)n1. The number of tetrazole rings is 1. The lowest BCUT2D eigenvalue weighted by Gasteiger charge is -2.11. The van der Waals surface area contributed by atoms with Crippen LogP contribution in [0.5, 0.6) is 0 Å². The number of hydrogen-bond acceptors (Lipinski definition) is 5. The number of allylic oxidation sites excluding steroid dienone is 4. The molecule has 9 heteroatoms. The predicted octanol–water partition coefficient (Wildman–Crippen LogP) is 1.05. The minimum Gasteiger partial charge on any atom is -0.346 e. The lowest BCUT2D eigenvalue weighted by Crippen LogP contribution is -2.35. The Morgan fingerprint density at radius 1 is 1.25 bits per heavy atom. The van der Waals surface area contributed by atoms with Crippen LogP contribution in [-0.2, 0) is 13.6 Å². The van der Waals surface area contributed by atoms with Gasteiger partial charge in [-0.25, -0.2) is 14.4 Å². The summed E-state index contributed by atoms with van der Waals surface area (Å²) in [6.07, 6.45) is 11.6. The van der Waals surface area contributed by atoms with Crippen molar-refractivity contribution < 1.29 is 4.39 Å². The number of hydrogen-bond donors (Lipinski definition) is 1. The fraction of sp³-hybridized carbons (Fsp3) is 0.211. The Labute approximate surface area is 159 Å². The van der Waals surface area contributed by atoms with Crippen LogP contribution >= 0.6 is 0 Å². The molecule has 140 valence electrons. The molecule has 0 radical (unpaired) electrons. The number of H-pyrrole nitrogens is 1. The Hall–Kier alpha value is -3.62. The van der Waals surface area contributed by atoms with Crippen molar-refractivity contribution in [3.63, 3.8) is 0 Å². The molecule has 0 amide bonds. The van der Waals surface area contributed by atoms with E-state index in [9.17, 15) is 4.39 Å². The maximum absolute atomic E-state index is 13.5. The molecule has 5 rings (SSSR count). The smallest absolute Gasteiger partial charge is 0.194 e. The molecule has 0 saturated carbocycles. The van der Waals surface area contributed by atoms with Crippen LogP contribution < -0.4 is 10.7 Å². The highest BCUT2D eigenvalue weighted by Gasteiger charge is 2.17. The van der Waals surface area contributed by atoms with Gasteiger partial charge >= 0.3 is 0 Å². The number of aromatic amines is 1. The molecule has 0 spiro atoms. The van der Waals surface area contributed by atoms with Gasteiger partial charge in [-0.2, -0.15) is 4.80 Å². The molecule has 8 nitrogen and oxygen atoms in total. The molecule has 1 aliphatic carbocycles. The zero-order valence-corrected chi connectivity index (χ0v) is 15.2. The Morgan fingerprint density at radius 3 is 2.96 bits per heavy atom. The van der Waals surface area contributed by atoms with Gasteiger partial charge in [-0.15, -0.1) is 10.2 Å². The van der Waals surface area contributed by atoms with Crippen molar-refractivity contribution in [3.05, 3.63) is 64.7 Å². The second-order valence-corrected chi connectivity index (χ2v) is 6.65. The van der Waals surface area contributed by atoms with Gasteiger partial charge in [0.05, 0.1) is 30.6 Å². The highest BCUT2D eigenvalue weighted by atomic mass is 19.1. The third kappa shape index (κ3) is 2.81. The summed E-state index contributed by atoms with van der Waals surface area (Å²) in [6.45, 7) is 0.442. The van der Waals surface area contributed by atoms with Gasteiger partial charge in [-0.1, -0.05) is 6.08 Å². The van der Waals surface area contributed by atoms with Gasteiger partial charge in [-0.05, 0) is 41.0 Å². The van der Waals surface area contributed by atoms with Crippen molar-refractivity contribution in [1.29, 1.82) is 0 Å². The van der Waals surface area contributed by atoms with Crippen LogP contribution in [0.2, 0.25) is 0 Å². The predicted molar refractivity (Wildman–Crippen MR) is 102 cm³/mol. The molecule has 28 heavy (non-hydrogen) atoms. The van der Waals surface area contributed by atoms with Gasteiger partial charge in [0.15, 0.2) is 5.82 Å². The second-order valence-electron chi connectivity index (χ2n) is 6.65. The van der Waals surface area contributed by atoms with Crippen molar-refractivity contribution in [3.8, 4) is 0 Å². The third-order valence-electron chi connectivity index (χ3n) is 4.82. The average Bonchev–Trinajstić information content (AvgIpc) is 3.42. The first-order chi connectivity index (χ1) is 13.7. The topological polar surface area (TPSA) is 89.6 Å². The minimum atomic E-state index is -0.223. The monoisotopic (exact) mass is 376 g/mol. The number of nitrogens with zero attached hydrogens (tertiary/aromatic N) is 7. The average molecular weight is 376 g/mol. The molecule has 0 aromatic carbocycles. The van der Waals surface area contributed by atoms with Crippen LogP contribution in [0.15, 0.2) is 47.6 Å². The van der Waals surface area contributed by atoms with Crippen LogP contribution in [0.3, 0.4) is 0 Å². The largest absolute Gasteiger partial charge is 0.346 e. The van der Waals surface area contributed by atoms with E-state index in [1.165, 1.54) is 10.9 Å². The van der Waals surface area contributed by atoms with E-state index in [1.54, 1.807) is 25.5 Å². The molecule has 2 aliphatic rings. The molecule has 0 fully saturated rings. The molecule has 4 heterocycles. The lowest BCUT2D eigenvalue weighted by atomic mass is 10.0. The summed E-state index contributed by atoms with van der Waals surface area (Å²) in [4.78, 5) is 13.7. The Balaban J connectivity index is 1.77. The maximum atomic E-state index is 13.5. The van der Waals surface area contributed by atoms with Crippen LogP contribution in [0.1, 0.15) is 24.2 Å². The summed E-state index contributed by atoms with van der Waals surface area (Å²) in [7, 11) is 1.73. The molecule has 0 bridgehead atoms. The van der Waals surface area contributed by atoms with Gasteiger partial charge in [0.2, 0.25) is 0 Å². The summed E-state index contributed by atoms with van der Waals surface area (Å²) >= 11 is 0. The van der Waals surface area contributed by atoms with E-state index in [0.29, 0.717) is 25.2 Å². The van der Waals surface area contributed by atoms with Gasteiger partial charge in [0.25, 0.3) is 0 Å². The summed E-state index contributed by atoms with van der Waals surface area (Å²) in [5, 5.41) is 14.1. The second kappa shape index (κ2) is 6.52. The minimum absolute atomic E-state index is 0.223. The van der Waals surface area contributed by atoms with E-state index < -0.39 is 0 Å². The molecule has 3 aromatic heterocycles. The third-order valence-corrected chi connectivity index (χ3v) is 4.82. The van der Waals surface area contributed by atoms with Gasteiger partial charge in [-0.3, -0.25) is 0 Å². The number of imidazole rings is 1. The number of halogens is 1. The van der Waals surface area contributed by atoms with Gasteiger partial charge in [0, 0.05) is 24.4 Å². The Kier molecular flexibility index (Phi) is 3.85. The Bertz CT molecular complexity index is 1270. The van der Waals surface area contributed by atoms with Crippen molar-refractivity contribution in [2.45, 2.75) is 19.4 Å². The maximum Gasteiger partial charge on any atom is 0.194 e. The summed E-state index contributed by atoms with van der Waals surface area (Å²) in [5.41, 5.74) is 3.12. The molecule has 0 unspecified atom stereocenters. The number of aliphatic imine (C=N–C) groups is 1. The van der Waals surface area contributed by atoms with E-state index >= 15 is 0 Å².